The molecule has 8 heteroatoms. The maximum absolute atomic E-state index is 12.2. The predicted molar refractivity (Wildman–Crippen MR) is 110 cm³/mol. The molecule has 150 valence electrons. The normalized spacial score (nSPS) is 10.7. The molecule has 0 spiro atoms. The van der Waals surface area contributed by atoms with E-state index in [2.05, 4.69) is 34.6 Å². The Bertz CT molecular complexity index is 996. The molecule has 0 saturated heterocycles. The molecule has 0 aliphatic heterocycles. The zero-order valence-electron chi connectivity index (χ0n) is 16.3. The molecule has 8 nitrogen and oxygen atoms in total. The topological polar surface area (TPSA) is 123 Å². The van der Waals surface area contributed by atoms with Crippen molar-refractivity contribution in [2.24, 2.45) is 5.73 Å². The number of anilines is 2. The quantitative estimate of drug-likeness (QED) is 0.561. The van der Waals surface area contributed by atoms with Crippen LogP contribution in [0, 0.1) is 0 Å². The summed E-state index contributed by atoms with van der Waals surface area (Å²) in [4.78, 5) is 27.5. The van der Waals surface area contributed by atoms with Gasteiger partial charge in [0, 0.05) is 29.8 Å². The van der Waals surface area contributed by atoms with Crippen LogP contribution in [-0.2, 0) is 11.2 Å². The molecule has 3 aromatic rings. The molecule has 0 aliphatic rings. The van der Waals surface area contributed by atoms with Gasteiger partial charge in [-0.15, -0.1) is 0 Å². The SMILES string of the molecule is CC(C)c1ccc(-c2noc(CCC(=O)Nc3cccc(NC(N)=O)c3)n2)cc1. The van der Waals surface area contributed by atoms with Crippen LogP contribution in [0.1, 0.15) is 37.6 Å². The van der Waals surface area contributed by atoms with E-state index in [0.29, 0.717) is 35.4 Å². The van der Waals surface area contributed by atoms with Gasteiger partial charge in [-0.2, -0.15) is 4.98 Å². The van der Waals surface area contributed by atoms with E-state index in [-0.39, 0.29) is 12.3 Å². The first-order valence-electron chi connectivity index (χ1n) is 9.30. The number of hydrogen-bond donors (Lipinski definition) is 3. The number of urea groups is 1. The van der Waals surface area contributed by atoms with Crippen LogP contribution in [0.3, 0.4) is 0 Å². The fourth-order valence-corrected chi connectivity index (χ4v) is 2.75. The van der Waals surface area contributed by atoms with Gasteiger partial charge in [-0.05, 0) is 29.7 Å². The lowest BCUT2D eigenvalue weighted by molar-refractivity contribution is -0.116. The minimum absolute atomic E-state index is 0.182. The van der Waals surface area contributed by atoms with Crippen molar-refractivity contribution in [3.63, 3.8) is 0 Å². The van der Waals surface area contributed by atoms with E-state index in [0.717, 1.165) is 5.56 Å². The maximum atomic E-state index is 12.2. The molecular formula is C21H23N5O3. The minimum Gasteiger partial charge on any atom is -0.351 e. The highest BCUT2D eigenvalue weighted by atomic mass is 16.5. The molecule has 29 heavy (non-hydrogen) atoms. The molecule has 0 saturated carbocycles. The zero-order valence-corrected chi connectivity index (χ0v) is 16.3. The van der Waals surface area contributed by atoms with E-state index >= 15 is 0 Å². The predicted octanol–water partition coefficient (Wildman–Crippen LogP) is 3.92. The minimum atomic E-state index is -0.667. The highest BCUT2D eigenvalue weighted by Gasteiger charge is 2.12. The molecule has 0 radical (unpaired) electrons. The van der Waals surface area contributed by atoms with E-state index in [1.165, 1.54) is 5.56 Å². The molecule has 4 N–H and O–H groups in total. The van der Waals surface area contributed by atoms with E-state index in [1.54, 1.807) is 24.3 Å². The number of carbonyl (C=O) groups is 2. The first-order valence-corrected chi connectivity index (χ1v) is 9.30. The second-order valence-corrected chi connectivity index (χ2v) is 6.91. The summed E-state index contributed by atoms with van der Waals surface area (Å²) in [6, 6.07) is 14.1. The number of nitrogens with one attached hydrogen (secondary N) is 2. The van der Waals surface area contributed by atoms with Crippen molar-refractivity contribution in [3.8, 4) is 11.4 Å². The summed E-state index contributed by atoms with van der Waals surface area (Å²) < 4.78 is 5.26. The van der Waals surface area contributed by atoms with Gasteiger partial charge in [0.2, 0.25) is 17.6 Å². The van der Waals surface area contributed by atoms with E-state index < -0.39 is 6.03 Å². The molecule has 3 rings (SSSR count). The number of nitrogens with two attached hydrogens (primary N) is 1. The van der Waals surface area contributed by atoms with Crippen molar-refractivity contribution < 1.29 is 14.1 Å². The number of aromatic nitrogens is 2. The smallest absolute Gasteiger partial charge is 0.316 e. The van der Waals surface area contributed by atoms with Crippen molar-refractivity contribution in [2.75, 3.05) is 10.6 Å². The third-order valence-electron chi connectivity index (χ3n) is 4.28. The third kappa shape index (κ3) is 5.65. The summed E-state index contributed by atoms with van der Waals surface area (Å²) in [5, 5.41) is 9.21. The van der Waals surface area contributed by atoms with Crippen LogP contribution in [0.2, 0.25) is 0 Å². The molecule has 1 aromatic heterocycles. The van der Waals surface area contributed by atoms with Gasteiger partial charge in [0.1, 0.15) is 0 Å². The molecule has 0 unspecified atom stereocenters. The number of hydrogen-bond acceptors (Lipinski definition) is 5. The van der Waals surface area contributed by atoms with Crippen LogP contribution < -0.4 is 16.4 Å². The first kappa shape index (κ1) is 20.1. The fourth-order valence-electron chi connectivity index (χ4n) is 2.75. The van der Waals surface area contributed by atoms with E-state index in [9.17, 15) is 9.59 Å². The van der Waals surface area contributed by atoms with Crippen molar-refractivity contribution in [1.29, 1.82) is 0 Å². The highest BCUT2D eigenvalue weighted by Crippen LogP contribution is 2.21. The van der Waals surface area contributed by atoms with Crippen molar-refractivity contribution in [2.45, 2.75) is 32.6 Å². The standard InChI is InChI=1S/C21H23N5O3/c1-13(2)14-6-8-15(9-7-14)20-25-19(29-26-20)11-10-18(27)23-16-4-3-5-17(12-16)24-21(22)28/h3-9,12-13H,10-11H2,1-2H3,(H,23,27)(H3,22,24,28). The number of primary amides is 1. The molecular weight excluding hydrogens is 370 g/mol. The number of benzene rings is 2. The second-order valence-electron chi connectivity index (χ2n) is 6.91. The summed E-state index contributed by atoms with van der Waals surface area (Å²) in [6.45, 7) is 4.27. The number of carbonyl (C=O) groups excluding carboxylic acids is 2. The van der Waals surface area contributed by atoms with Gasteiger partial charge in [-0.3, -0.25) is 4.79 Å². The maximum Gasteiger partial charge on any atom is 0.316 e. The zero-order chi connectivity index (χ0) is 20.8. The molecule has 1 heterocycles. The van der Waals surface area contributed by atoms with Crippen molar-refractivity contribution in [1.82, 2.24) is 10.1 Å². The Morgan fingerprint density at radius 2 is 1.76 bits per heavy atom. The Labute approximate surface area is 168 Å². The molecule has 0 bridgehead atoms. The van der Waals surface area contributed by atoms with Crippen LogP contribution in [-0.4, -0.2) is 22.1 Å². The number of nitrogens with zero attached hydrogens (tertiary/aromatic N) is 2. The average molecular weight is 393 g/mol. The van der Waals surface area contributed by atoms with Gasteiger partial charge >= 0.3 is 6.03 Å². The largest absolute Gasteiger partial charge is 0.351 e. The van der Waals surface area contributed by atoms with Gasteiger partial charge in [0.05, 0.1) is 0 Å². The number of rotatable bonds is 7. The monoisotopic (exact) mass is 393 g/mol. The Kier molecular flexibility index (Phi) is 6.23. The van der Waals surface area contributed by atoms with Gasteiger partial charge < -0.3 is 20.9 Å². The molecule has 0 fully saturated rings. The van der Waals surface area contributed by atoms with Gasteiger partial charge in [0.25, 0.3) is 0 Å². The Morgan fingerprint density at radius 3 is 2.41 bits per heavy atom. The molecule has 2 aromatic carbocycles. The Morgan fingerprint density at radius 1 is 1.07 bits per heavy atom. The lowest BCUT2D eigenvalue weighted by Crippen LogP contribution is -2.19. The van der Waals surface area contributed by atoms with Crippen LogP contribution in [0.25, 0.3) is 11.4 Å². The molecule has 3 amide bonds. The van der Waals surface area contributed by atoms with Gasteiger partial charge in [-0.25, -0.2) is 4.79 Å². The molecule has 0 atom stereocenters. The summed E-state index contributed by atoms with van der Waals surface area (Å²) in [7, 11) is 0. The summed E-state index contributed by atoms with van der Waals surface area (Å²) >= 11 is 0. The van der Waals surface area contributed by atoms with Crippen LogP contribution in [0.4, 0.5) is 16.2 Å². The Balaban J connectivity index is 1.55. The van der Waals surface area contributed by atoms with Crippen LogP contribution in [0.15, 0.2) is 53.1 Å². The summed E-state index contributed by atoms with van der Waals surface area (Å²) in [6.07, 6.45) is 0.504. The molecule has 0 aliphatic carbocycles. The van der Waals surface area contributed by atoms with E-state index in [4.69, 9.17) is 10.3 Å². The number of amides is 3. The average Bonchev–Trinajstić information content (AvgIpc) is 3.15. The van der Waals surface area contributed by atoms with Gasteiger partial charge in [0.15, 0.2) is 0 Å². The Hall–Kier alpha value is -3.68. The van der Waals surface area contributed by atoms with Crippen molar-refractivity contribution in [3.05, 3.63) is 60.0 Å². The highest BCUT2D eigenvalue weighted by molar-refractivity contribution is 5.93. The first-order chi connectivity index (χ1) is 13.9. The van der Waals surface area contributed by atoms with E-state index in [1.807, 2.05) is 24.3 Å². The summed E-state index contributed by atoms with van der Waals surface area (Å²) in [5.74, 6) is 1.14. The third-order valence-corrected chi connectivity index (χ3v) is 4.28. The lowest BCUT2D eigenvalue weighted by atomic mass is 10.0. The van der Waals surface area contributed by atoms with Gasteiger partial charge in [-0.1, -0.05) is 49.3 Å². The summed E-state index contributed by atoms with van der Waals surface area (Å²) in [5.41, 5.74) is 8.25. The number of aryl methyl sites for hydroxylation is 1. The van der Waals surface area contributed by atoms with Crippen LogP contribution >= 0.6 is 0 Å². The van der Waals surface area contributed by atoms with Crippen molar-refractivity contribution >= 4 is 23.3 Å². The second kappa shape index (κ2) is 9.01. The fraction of sp³-hybridized carbons (Fsp3) is 0.238. The van der Waals surface area contributed by atoms with Crippen LogP contribution in [0.5, 0.6) is 0 Å². The lowest BCUT2D eigenvalue weighted by Gasteiger charge is -2.07.